The standard InChI is InChI=1S/C13H11N3O2S2/c1-2-16-7-14-4-10(16)12-15-9(6-20-12)11-3-8(5-19-11)13(17)18/h3-7H,2H2,1H3,(H,17,18). The van der Waals surface area contributed by atoms with Gasteiger partial charge in [-0.2, -0.15) is 0 Å². The highest BCUT2D eigenvalue weighted by Gasteiger charge is 2.13. The Hall–Kier alpha value is -1.99. The molecule has 0 unspecified atom stereocenters. The average molecular weight is 305 g/mol. The van der Waals surface area contributed by atoms with Gasteiger partial charge < -0.3 is 9.67 Å². The van der Waals surface area contributed by atoms with Crippen LogP contribution in [0.1, 0.15) is 17.3 Å². The van der Waals surface area contributed by atoms with Crippen LogP contribution in [0.4, 0.5) is 0 Å². The topological polar surface area (TPSA) is 68.0 Å². The number of thiazole rings is 1. The van der Waals surface area contributed by atoms with Gasteiger partial charge in [-0.25, -0.2) is 14.8 Å². The maximum Gasteiger partial charge on any atom is 0.336 e. The van der Waals surface area contributed by atoms with Gasteiger partial charge in [-0.1, -0.05) is 0 Å². The third kappa shape index (κ3) is 2.25. The van der Waals surface area contributed by atoms with Crippen molar-refractivity contribution < 1.29 is 9.90 Å². The Kier molecular flexibility index (Phi) is 3.37. The van der Waals surface area contributed by atoms with Gasteiger partial charge in [-0.15, -0.1) is 22.7 Å². The van der Waals surface area contributed by atoms with Crippen molar-refractivity contribution in [1.29, 1.82) is 0 Å². The second kappa shape index (κ2) is 5.18. The van der Waals surface area contributed by atoms with Crippen molar-refractivity contribution in [1.82, 2.24) is 14.5 Å². The fourth-order valence-corrected chi connectivity index (χ4v) is 3.60. The molecule has 0 amide bonds. The van der Waals surface area contributed by atoms with E-state index in [4.69, 9.17) is 5.11 Å². The first-order valence-corrected chi connectivity index (χ1v) is 7.73. The molecule has 0 spiro atoms. The van der Waals surface area contributed by atoms with Crippen LogP contribution >= 0.6 is 22.7 Å². The molecule has 0 aliphatic rings. The minimum absolute atomic E-state index is 0.304. The molecule has 3 heterocycles. The first kappa shape index (κ1) is 13.0. The van der Waals surface area contributed by atoms with Crippen LogP contribution in [0, 0.1) is 0 Å². The van der Waals surface area contributed by atoms with Crippen LogP contribution in [0.15, 0.2) is 29.4 Å². The van der Waals surface area contributed by atoms with Gasteiger partial charge in [0.15, 0.2) is 0 Å². The van der Waals surface area contributed by atoms with Crippen LogP contribution in [-0.4, -0.2) is 25.6 Å². The number of hydrogen-bond acceptors (Lipinski definition) is 5. The Morgan fingerprint density at radius 1 is 1.40 bits per heavy atom. The number of thiophene rings is 1. The largest absolute Gasteiger partial charge is 0.478 e. The van der Waals surface area contributed by atoms with Crippen molar-refractivity contribution in [2.24, 2.45) is 0 Å². The number of aryl methyl sites for hydroxylation is 1. The minimum Gasteiger partial charge on any atom is -0.478 e. The van der Waals surface area contributed by atoms with Crippen LogP contribution in [0.5, 0.6) is 0 Å². The number of aromatic nitrogens is 3. The third-order valence-electron chi connectivity index (χ3n) is 2.88. The monoisotopic (exact) mass is 305 g/mol. The molecule has 0 fully saturated rings. The van der Waals surface area contributed by atoms with Crippen molar-refractivity contribution in [3.8, 4) is 21.3 Å². The van der Waals surface area contributed by atoms with E-state index in [0.29, 0.717) is 5.56 Å². The lowest BCUT2D eigenvalue weighted by Crippen LogP contribution is -1.94. The maximum absolute atomic E-state index is 10.9. The van der Waals surface area contributed by atoms with Crippen molar-refractivity contribution in [2.45, 2.75) is 13.5 Å². The lowest BCUT2D eigenvalue weighted by molar-refractivity contribution is 0.0697. The molecule has 3 aromatic rings. The minimum atomic E-state index is -0.910. The lowest BCUT2D eigenvalue weighted by Gasteiger charge is -2.00. The fourth-order valence-electron chi connectivity index (χ4n) is 1.84. The normalized spacial score (nSPS) is 10.8. The maximum atomic E-state index is 10.9. The van der Waals surface area contributed by atoms with Crippen molar-refractivity contribution in [3.05, 3.63) is 34.9 Å². The highest BCUT2D eigenvalue weighted by Crippen LogP contribution is 2.32. The van der Waals surface area contributed by atoms with Gasteiger partial charge in [0.25, 0.3) is 0 Å². The molecule has 0 atom stereocenters. The molecule has 0 radical (unpaired) electrons. The Labute approximate surface area is 123 Å². The molecule has 0 saturated heterocycles. The summed E-state index contributed by atoms with van der Waals surface area (Å²) in [5.74, 6) is -0.910. The summed E-state index contributed by atoms with van der Waals surface area (Å²) in [6, 6.07) is 1.66. The highest BCUT2D eigenvalue weighted by molar-refractivity contribution is 7.15. The van der Waals surface area contributed by atoms with Gasteiger partial charge in [0, 0.05) is 17.3 Å². The summed E-state index contributed by atoms with van der Waals surface area (Å²) in [6.07, 6.45) is 3.58. The van der Waals surface area contributed by atoms with E-state index in [2.05, 4.69) is 16.9 Å². The zero-order valence-corrected chi connectivity index (χ0v) is 12.2. The third-order valence-corrected chi connectivity index (χ3v) is 4.69. The van der Waals surface area contributed by atoms with Crippen LogP contribution < -0.4 is 0 Å². The fraction of sp³-hybridized carbons (Fsp3) is 0.154. The Morgan fingerprint density at radius 3 is 2.95 bits per heavy atom. The summed E-state index contributed by atoms with van der Waals surface area (Å²) in [4.78, 5) is 20.5. The van der Waals surface area contributed by atoms with E-state index >= 15 is 0 Å². The number of carbonyl (C=O) groups is 1. The first-order valence-electron chi connectivity index (χ1n) is 5.97. The molecule has 102 valence electrons. The lowest BCUT2D eigenvalue weighted by atomic mass is 10.3. The van der Waals surface area contributed by atoms with Crippen molar-refractivity contribution >= 4 is 28.6 Å². The molecule has 20 heavy (non-hydrogen) atoms. The second-order valence-electron chi connectivity index (χ2n) is 4.11. The number of carboxylic acid groups (broad SMARTS) is 1. The van der Waals surface area contributed by atoms with Gasteiger partial charge in [-0.05, 0) is 13.0 Å². The Morgan fingerprint density at radius 2 is 2.25 bits per heavy atom. The van der Waals surface area contributed by atoms with Gasteiger partial charge in [0.2, 0.25) is 0 Å². The first-order chi connectivity index (χ1) is 9.69. The summed E-state index contributed by atoms with van der Waals surface area (Å²) in [6.45, 7) is 2.89. The molecule has 3 aromatic heterocycles. The molecular formula is C13H11N3O2S2. The number of imidazole rings is 1. The number of rotatable bonds is 4. The molecular weight excluding hydrogens is 294 g/mol. The van der Waals surface area contributed by atoms with Crippen molar-refractivity contribution in [3.63, 3.8) is 0 Å². The Bertz CT molecular complexity index is 757. The van der Waals surface area contributed by atoms with Gasteiger partial charge >= 0.3 is 5.97 Å². The van der Waals surface area contributed by atoms with E-state index in [0.717, 1.165) is 27.8 Å². The van der Waals surface area contributed by atoms with E-state index in [1.54, 1.807) is 24.0 Å². The summed E-state index contributed by atoms with van der Waals surface area (Å²) < 4.78 is 2.03. The summed E-state index contributed by atoms with van der Waals surface area (Å²) in [7, 11) is 0. The average Bonchev–Trinajstić information content (AvgIpc) is 3.17. The van der Waals surface area contributed by atoms with E-state index in [9.17, 15) is 4.79 Å². The number of aromatic carboxylic acids is 1. The van der Waals surface area contributed by atoms with Gasteiger partial charge in [0.05, 0.1) is 34.4 Å². The van der Waals surface area contributed by atoms with Crippen LogP contribution in [0.3, 0.4) is 0 Å². The zero-order chi connectivity index (χ0) is 14.1. The molecule has 0 aliphatic carbocycles. The SMILES string of the molecule is CCn1cncc1-c1nc(-c2cc(C(=O)O)cs2)cs1. The highest BCUT2D eigenvalue weighted by atomic mass is 32.1. The molecule has 0 aromatic carbocycles. The van der Waals surface area contributed by atoms with Crippen LogP contribution in [0.2, 0.25) is 0 Å². The van der Waals surface area contributed by atoms with Crippen LogP contribution in [0.25, 0.3) is 21.3 Å². The predicted octanol–water partition coefficient (Wildman–Crippen LogP) is 3.45. The molecule has 1 N–H and O–H groups in total. The molecule has 0 saturated carbocycles. The number of carboxylic acids is 1. The second-order valence-corrected chi connectivity index (χ2v) is 5.88. The molecule has 0 aliphatic heterocycles. The van der Waals surface area contributed by atoms with E-state index < -0.39 is 5.97 Å². The Balaban J connectivity index is 1.95. The molecule has 3 rings (SSSR count). The molecule has 0 bridgehead atoms. The predicted molar refractivity (Wildman–Crippen MR) is 79.3 cm³/mol. The summed E-state index contributed by atoms with van der Waals surface area (Å²) in [5, 5.41) is 13.4. The summed E-state index contributed by atoms with van der Waals surface area (Å²) >= 11 is 2.93. The smallest absolute Gasteiger partial charge is 0.336 e. The van der Waals surface area contributed by atoms with E-state index in [-0.39, 0.29) is 0 Å². The van der Waals surface area contributed by atoms with Gasteiger partial charge in [0.1, 0.15) is 5.01 Å². The molecule has 7 heteroatoms. The number of nitrogens with zero attached hydrogens (tertiary/aromatic N) is 3. The molecule has 5 nitrogen and oxygen atoms in total. The van der Waals surface area contributed by atoms with Crippen LogP contribution in [-0.2, 0) is 6.54 Å². The van der Waals surface area contributed by atoms with Crippen molar-refractivity contribution in [2.75, 3.05) is 0 Å². The zero-order valence-electron chi connectivity index (χ0n) is 10.6. The number of hydrogen-bond donors (Lipinski definition) is 1. The van der Waals surface area contributed by atoms with E-state index in [1.807, 2.05) is 9.95 Å². The van der Waals surface area contributed by atoms with Gasteiger partial charge in [-0.3, -0.25) is 0 Å². The summed E-state index contributed by atoms with van der Waals surface area (Å²) in [5.41, 5.74) is 2.10. The van der Waals surface area contributed by atoms with E-state index in [1.165, 1.54) is 22.7 Å². The quantitative estimate of drug-likeness (QED) is 0.801.